The summed E-state index contributed by atoms with van der Waals surface area (Å²) in [4.78, 5) is 40.7. The molecule has 19 heavy (non-hydrogen) atoms. The van der Waals surface area contributed by atoms with Crippen LogP contribution in [0.4, 0.5) is 0 Å². The van der Waals surface area contributed by atoms with Crippen molar-refractivity contribution in [3.63, 3.8) is 0 Å². The van der Waals surface area contributed by atoms with E-state index in [1.54, 1.807) is 15.9 Å². The number of amides is 2. The van der Waals surface area contributed by atoms with Crippen molar-refractivity contribution < 1.29 is 9.59 Å². The van der Waals surface area contributed by atoms with Gasteiger partial charge in [-0.1, -0.05) is 0 Å². The SMILES string of the molecule is CC(=O)N1CCCN(C(=O)c2cc[nH]c(=O)c2)CC1. The molecule has 0 radical (unpaired) electrons. The second-order valence-corrected chi connectivity index (χ2v) is 4.59. The molecule has 102 valence electrons. The normalized spacial score (nSPS) is 16.1. The maximum atomic E-state index is 12.3. The van der Waals surface area contributed by atoms with Crippen LogP contribution in [0.15, 0.2) is 23.1 Å². The molecule has 0 spiro atoms. The first-order valence-electron chi connectivity index (χ1n) is 6.31. The lowest BCUT2D eigenvalue weighted by atomic mass is 10.2. The highest BCUT2D eigenvalue weighted by Gasteiger charge is 2.21. The molecule has 1 aliphatic rings. The van der Waals surface area contributed by atoms with E-state index in [2.05, 4.69) is 4.98 Å². The molecule has 0 atom stereocenters. The number of aromatic amines is 1. The Bertz CT molecular complexity index is 538. The fourth-order valence-electron chi connectivity index (χ4n) is 2.20. The molecule has 1 aromatic rings. The molecule has 1 saturated heterocycles. The quantitative estimate of drug-likeness (QED) is 0.779. The van der Waals surface area contributed by atoms with Crippen LogP contribution in [-0.2, 0) is 4.79 Å². The van der Waals surface area contributed by atoms with Crippen LogP contribution in [0.25, 0.3) is 0 Å². The highest BCUT2D eigenvalue weighted by molar-refractivity contribution is 5.94. The predicted octanol–water partition coefficient (Wildman–Crippen LogP) is 0.0693. The largest absolute Gasteiger partial charge is 0.341 e. The van der Waals surface area contributed by atoms with Crippen molar-refractivity contribution in [2.75, 3.05) is 26.2 Å². The second-order valence-electron chi connectivity index (χ2n) is 4.59. The van der Waals surface area contributed by atoms with Gasteiger partial charge in [-0.3, -0.25) is 14.4 Å². The van der Waals surface area contributed by atoms with E-state index in [4.69, 9.17) is 0 Å². The zero-order valence-electron chi connectivity index (χ0n) is 10.9. The van der Waals surface area contributed by atoms with Crippen LogP contribution >= 0.6 is 0 Å². The number of hydrogen-bond donors (Lipinski definition) is 1. The Labute approximate surface area is 111 Å². The average Bonchev–Trinajstić information content (AvgIpc) is 2.63. The smallest absolute Gasteiger partial charge is 0.254 e. The van der Waals surface area contributed by atoms with Gasteiger partial charge in [0.1, 0.15) is 0 Å². The van der Waals surface area contributed by atoms with Crippen molar-refractivity contribution >= 4 is 11.8 Å². The standard InChI is InChI=1S/C13H17N3O3/c1-10(17)15-5-2-6-16(8-7-15)13(19)11-3-4-14-12(18)9-11/h3-4,9H,2,5-8H2,1H3,(H,14,18). The fraction of sp³-hybridized carbons (Fsp3) is 0.462. The topological polar surface area (TPSA) is 73.5 Å². The van der Waals surface area contributed by atoms with Crippen molar-refractivity contribution in [1.29, 1.82) is 0 Å². The lowest BCUT2D eigenvalue weighted by Gasteiger charge is -2.21. The Kier molecular flexibility index (Phi) is 3.99. The molecule has 2 heterocycles. The Balaban J connectivity index is 2.08. The first-order chi connectivity index (χ1) is 9.08. The van der Waals surface area contributed by atoms with E-state index in [1.807, 2.05) is 0 Å². The fourth-order valence-corrected chi connectivity index (χ4v) is 2.20. The third-order valence-electron chi connectivity index (χ3n) is 3.25. The Hall–Kier alpha value is -2.11. The molecule has 1 aliphatic heterocycles. The molecule has 1 aromatic heterocycles. The summed E-state index contributed by atoms with van der Waals surface area (Å²) in [6, 6.07) is 2.90. The van der Waals surface area contributed by atoms with Crippen LogP contribution in [0.3, 0.4) is 0 Å². The maximum Gasteiger partial charge on any atom is 0.254 e. The zero-order chi connectivity index (χ0) is 13.8. The molecule has 2 amide bonds. The third kappa shape index (κ3) is 3.21. The van der Waals surface area contributed by atoms with Crippen molar-refractivity contribution in [2.24, 2.45) is 0 Å². The molecule has 6 nitrogen and oxygen atoms in total. The van der Waals surface area contributed by atoms with Gasteiger partial charge in [0.15, 0.2) is 0 Å². The number of hydrogen-bond acceptors (Lipinski definition) is 3. The van der Waals surface area contributed by atoms with Gasteiger partial charge >= 0.3 is 0 Å². The lowest BCUT2D eigenvalue weighted by molar-refractivity contribution is -0.128. The van der Waals surface area contributed by atoms with Gasteiger partial charge in [0.05, 0.1) is 0 Å². The molecule has 1 N–H and O–H groups in total. The summed E-state index contributed by atoms with van der Waals surface area (Å²) in [5, 5.41) is 0. The summed E-state index contributed by atoms with van der Waals surface area (Å²) in [6.07, 6.45) is 2.23. The van der Waals surface area contributed by atoms with E-state index in [9.17, 15) is 14.4 Å². The van der Waals surface area contributed by atoms with Gasteiger partial charge in [0.2, 0.25) is 11.5 Å². The molecule has 6 heteroatoms. The van der Waals surface area contributed by atoms with Gasteiger partial charge in [-0.15, -0.1) is 0 Å². The first-order valence-corrected chi connectivity index (χ1v) is 6.31. The Morgan fingerprint density at radius 3 is 2.53 bits per heavy atom. The average molecular weight is 263 g/mol. The van der Waals surface area contributed by atoms with Crippen molar-refractivity contribution in [3.05, 3.63) is 34.2 Å². The third-order valence-corrected chi connectivity index (χ3v) is 3.25. The number of pyridine rings is 1. The molecule has 0 saturated carbocycles. The highest BCUT2D eigenvalue weighted by Crippen LogP contribution is 2.08. The number of nitrogens with one attached hydrogen (secondary N) is 1. The second kappa shape index (κ2) is 5.69. The highest BCUT2D eigenvalue weighted by atomic mass is 16.2. The van der Waals surface area contributed by atoms with Gasteiger partial charge in [0, 0.05) is 50.9 Å². The number of H-pyrrole nitrogens is 1. The van der Waals surface area contributed by atoms with E-state index in [1.165, 1.54) is 19.2 Å². The van der Waals surface area contributed by atoms with Gasteiger partial charge in [-0.2, -0.15) is 0 Å². The van der Waals surface area contributed by atoms with E-state index in [0.717, 1.165) is 6.42 Å². The molecular formula is C13H17N3O3. The molecule has 0 unspecified atom stereocenters. The van der Waals surface area contributed by atoms with Gasteiger partial charge < -0.3 is 14.8 Å². The van der Waals surface area contributed by atoms with E-state index < -0.39 is 0 Å². The molecule has 2 rings (SSSR count). The minimum absolute atomic E-state index is 0.0328. The maximum absolute atomic E-state index is 12.3. The molecule has 1 fully saturated rings. The van der Waals surface area contributed by atoms with Gasteiger partial charge in [0.25, 0.3) is 5.91 Å². The number of nitrogens with zero attached hydrogens (tertiary/aromatic N) is 2. The molecular weight excluding hydrogens is 246 g/mol. The van der Waals surface area contributed by atoms with Crippen LogP contribution in [0.1, 0.15) is 23.7 Å². The van der Waals surface area contributed by atoms with Crippen molar-refractivity contribution in [2.45, 2.75) is 13.3 Å². The Morgan fingerprint density at radius 1 is 1.16 bits per heavy atom. The van der Waals surface area contributed by atoms with Crippen LogP contribution in [-0.4, -0.2) is 52.8 Å². The van der Waals surface area contributed by atoms with Crippen molar-refractivity contribution in [3.8, 4) is 0 Å². The van der Waals surface area contributed by atoms with E-state index in [-0.39, 0.29) is 17.4 Å². The van der Waals surface area contributed by atoms with Crippen LogP contribution in [0.5, 0.6) is 0 Å². The molecule has 0 aromatic carbocycles. The summed E-state index contributed by atoms with van der Waals surface area (Å²) in [5.41, 5.74) is 0.103. The first kappa shape index (κ1) is 13.3. The van der Waals surface area contributed by atoms with Crippen LogP contribution in [0.2, 0.25) is 0 Å². The predicted molar refractivity (Wildman–Crippen MR) is 69.8 cm³/mol. The monoisotopic (exact) mass is 263 g/mol. The molecule has 0 bridgehead atoms. The van der Waals surface area contributed by atoms with E-state index in [0.29, 0.717) is 31.7 Å². The minimum atomic E-state index is -0.286. The Morgan fingerprint density at radius 2 is 1.84 bits per heavy atom. The summed E-state index contributed by atoms with van der Waals surface area (Å²) < 4.78 is 0. The summed E-state index contributed by atoms with van der Waals surface area (Å²) in [5.74, 6) is -0.123. The number of aromatic nitrogens is 1. The summed E-state index contributed by atoms with van der Waals surface area (Å²) in [7, 11) is 0. The number of carbonyl (C=O) groups is 2. The van der Waals surface area contributed by atoms with Crippen LogP contribution in [0, 0.1) is 0 Å². The van der Waals surface area contributed by atoms with Gasteiger partial charge in [-0.05, 0) is 12.5 Å². The molecule has 0 aliphatic carbocycles. The zero-order valence-corrected chi connectivity index (χ0v) is 10.9. The number of rotatable bonds is 1. The van der Waals surface area contributed by atoms with Crippen LogP contribution < -0.4 is 5.56 Å². The summed E-state index contributed by atoms with van der Waals surface area (Å²) in [6.45, 7) is 3.87. The number of carbonyl (C=O) groups excluding carboxylic acids is 2. The van der Waals surface area contributed by atoms with Gasteiger partial charge in [-0.25, -0.2) is 0 Å². The van der Waals surface area contributed by atoms with E-state index >= 15 is 0 Å². The van der Waals surface area contributed by atoms with Crippen molar-refractivity contribution in [1.82, 2.24) is 14.8 Å². The lowest BCUT2D eigenvalue weighted by Crippen LogP contribution is -2.36. The minimum Gasteiger partial charge on any atom is -0.341 e. The summed E-state index contributed by atoms with van der Waals surface area (Å²) >= 11 is 0.